The second kappa shape index (κ2) is 29.0. The summed E-state index contributed by atoms with van der Waals surface area (Å²) in [4.78, 5) is 46.9. The van der Waals surface area contributed by atoms with Crippen LogP contribution in [-0.2, 0) is 74.6 Å². The normalized spacial score (nSPS) is 14.0. The SMILES string of the molecule is CCN(CC)c1ccc2c(-c3ccc(S(=O)(=O)NCCCC[C@H](NC(=O)Cc4csc(=N)n4C)C(=O)N[C@@H](Cc4c[n+](Cc5ccccc5)cn4C)C(=O)NC4CCN(Cc5ccccc5)CC4)cc3S(=O)(=O)O)c3ccc(=[N+](CC)CC)cc-3oc2c1. The molecule has 3 amide bonds. The van der Waals surface area contributed by atoms with Gasteiger partial charge in [-0.15, -0.1) is 11.3 Å². The van der Waals surface area contributed by atoms with E-state index in [4.69, 9.17) is 9.83 Å². The first-order valence-electron chi connectivity index (χ1n) is 30.1. The predicted octanol–water partition coefficient (Wildman–Crippen LogP) is 6.35. The monoisotopic (exact) mass is 1260 g/mol. The van der Waals surface area contributed by atoms with Crippen molar-refractivity contribution < 1.29 is 44.8 Å². The van der Waals surface area contributed by atoms with Crippen molar-refractivity contribution in [1.82, 2.24) is 39.3 Å². The van der Waals surface area contributed by atoms with Crippen LogP contribution in [0.25, 0.3) is 33.4 Å². The number of carbonyl (C=O) groups is 3. The molecule has 6 aromatic rings. The van der Waals surface area contributed by atoms with Crippen molar-refractivity contribution in [2.75, 3.05) is 50.7 Å². The van der Waals surface area contributed by atoms with Gasteiger partial charge < -0.3 is 29.8 Å². The number of anilines is 1. The summed E-state index contributed by atoms with van der Waals surface area (Å²) < 4.78 is 83.0. The van der Waals surface area contributed by atoms with Crippen molar-refractivity contribution in [3.05, 3.63) is 166 Å². The molecule has 0 saturated carbocycles. The first-order chi connectivity index (χ1) is 42.2. The number of thiazole rings is 1. The Morgan fingerprint density at radius 3 is 2.16 bits per heavy atom. The number of sulfonamides is 1. The molecule has 466 valence electrons. The highest BCUT2D eigenvalue weighted by atomic mass is 32.2. The summed E-state index contributed by atoms with van der Waals surface area (Å²) in [6, 6.07) is 32.8. The molecule has 4 aromatic carbocycles. The van der Waals surface area contributed by atoms with Crippen molar-refractivity contribution in [2.24, 2.45) is 14.1 Å². The van der Waals surface area contributed by atoms with Crippen LogP contribution in [0.15, 0.2) is 147 Å². The highest BCUT2D eigenvalue weighted by Gasteiger charge is 2.33. The largest absolute Gasteiger partial charge is 0.456 e. The van der Waals surface area contributed by atoms with Crippen LogP contribution in [0.3, 0.4) is 0 Å². The van der Waals surface area contributed by atoms with Crippen LogP contribution < -0.4 is 44.9 Å². The third-order valence-corrected chi connectivity index (χ3v) is 19.8. The zero-order valence-electron chi connectivity index (χ0n) is 50.9. The summed E-state index contributed by atoms with van der Waals surface area (Å²) in [5.74, 6) is -0.987. The van der Waals surface area contributed by atoms with Gasteiger partial charge in [-0.05, 0) is 101 Å². The summed E-state index contributed by atoms with van der Waals surface area (Å²) >= 11 is 1.17. The lowest BCUT2D eigenvalue weighted by Gasteiger charge is -2.33. The van der Waals surface area contributed by atoms with Gasteiger partial charge in [0.1, 0.15) is 59.8 Å². The van der Waals surface area contributed by atoms with E-state index >= 15 is 0 Å². The van der Waals surface area contributed by atoms with Gasteiger partial charge >= 0.3 is 0 Å². The Balaban J connectivity index is 0.939. The van der Waals surface area contributed by atoms with Crippen molar-refractivity contribution in [3.8, 4) is 22.5 Å². The first-order valence-corrected chi connectivity index (χ1v) is 33.9. The van der Waals surface area contributed by atoms with Crippen LogP contribution in [0, 0.1) is 5.41 Å². The number of likely N-dealkylation sites (tertiary alicyclic amines) is 1. The van der Waals surface area contributed by atoms with Gasteiger partial charge in [0, 0.05) is 110 Å². The molecule has 0 spiro atoms. The number of hydrogen-bond acceptors (Lipinski definition) is 12. The summed E-state index contributed by atoms with van der Waals surface area (Å²) in [6.07, 6.45) is 5.77. The second-order valence-corrected chi connectivity index (χ2v) is 26.4. The number of unbranched alkanes of at least 4 members (excludes halogenated alkanes) is 1. The fraction of sp³-hybridized carbons (Fsp3) is 0.385. The molecule has 3 aliphatic rings. The Bertz CT molecular complexity index is 4090. The van der Waals surface area contributed by atoms with E-state index in [2.05, 4.69) is 47.2 Å². The minimum Gasteiger partial charge on any atom is -0.456 e. The van der Waals surface area contributed by atoms with Crippen molar-refractivity contribution in [2.45, 2.75) is 114 Å². The third kappa shape index (κ3) is 15.9. The van der Waals surface area contributed by atoms with E-state index < -0.39 is 53.8 Å². The van der Waals surface area contributed by atoms with Gasteiger partial charge in [-0.3, -0.25) is 29.2 Å². The number of nitrogens with zero attached hydrogens (tertiary/aromatic N) is 6. The third-order valence-electron chi connectivity index (χ3n) is 16.5. The number of aryl methyl sites for hydroxylation is 1. The molecule has 2 aromatic heterocycles. The number of amides is 3. The zero-order valence-corrected chi connectivity index (χ0v) is 53.3. The van der Waals surface area contributed by atoms with Gasteiger partial charge in [-0.2, -0.15) is 8.42 Å². The Labute approximate surface area is 519 Å². The molecule has 4 heterocycles. The predicted molar refractivity (Wildman–Crippen MR) is 341 cm³/mol. The molecule has 88 heavy (non-hydrogen) atoms. The van der Waals surface area contributed by atoms with Gasteiger partial charge in [0.2, 0.25) is 39.4 Å². The Hall–Kier alpha value is -7.80. The quantitative estimate of drug-likeness (QED) is 0.0143. The van der Waals surface area contributed by atoms with Crippen molar-refractivity contribution in [3.63, 3.8) is 0 Å². The van der Waals surface area contributed by atoms with E-state index in [0.29, 0.717) is 52.9 Å². The summed E-state index contributed by atoms with van der Waals surface area (Å²) in [6.45, 7) is 13.9. The Kier molecular flexibility index (Phi) is 21.3. The maximum Gasteiger partial charge on any atom is 0.295 e. The maximum atomic E-state index is 14.7. The van der Waals surface area contributed by atoms with Crippen molar-refractivity contribution in [1.29, 1.82) is 5.41 Å². The standard InChI is InChI=1S/C65H79N11O9S3/c1-7-75(8-2)48-24-27-53-58(36-48)85-59-37-49(76(9-3)10-4)25-28-54(59)62(53)55-29-26-52(39-60(55)88(82,83)84)87(80,81)67-32-18-17-23-56(69-61(77)38-51-43-86-65(66)72(51)6)63(78)70-57(35-50-42-74(44-71(50)5)41-46-21-15-12-16-22-46)64(79)68-47-30-33-73(34-31-47)40-45-19-13-11-14-20-45/h11-16,19-22,24-29,36-37,39,42-44,47,56-57,66-67H,7-10,17-18,23,30-35,38,40-41H2,1-6H3,(H2-2,68,69,70,77,78,79,82,83,84)/p+2/t56-,57-/m0/s1. The van der Waals surface area contributed by atoms with Crippen LogP contribution in [0.4, 0.5) is 5.69 Å². The molecule has 0 bridgehead atoms. The molecule has 0 unspecified atom stereocenters. The molecule has 1 aliphatic carbocycles. The first kappa shape index (κ1) is 64.7. The Morgan fingerprint density at radius 1 is 0.807 bits per heavy atom. The highest BCUT2D eigenvalue weighted by molar-refractivity contribution is 7.89. The van der Waals surface area contributed by atoms with E-state index in [1.807, 2.05) is 141 Å². The molecular weight excluding hydrogens is 1170 g/mol. The van der Waals surface area contributed by atoms with Crippen LogP contribution in [0.1, 0.15) is 82.3 Å². The van der Waals surface area contributed by atoms with E-state index in [9.17, 15) is 35.8 Å². The molecule has 23 heteroatoms. The van der Waals surface area contributed by atoms with Gasteiger partial charge in [0.05, 0.1) is 24.4 Å². The number of rotatable bonds is 27. The summed E-state index contributed by atoms with van der Waals surface area (Å²) in [7, 11) is -5.90. The molecule has 9 rings (SSSR count). The van der Waals surface area contributed by atoms with Crippen LogP contribution >= 0.6 is 11.3 Å². The lowest BCUT2D eigenvalue weighted by Crippen LogP contribution is -2.56. The molecule has 2 aliphatic heterocycles. The molecule has 1 saturated heterocycles. The van der Waals surface area contributed by atoms with Gasteiger partial charge in [0.25, 0.3) is 10.1 Å². The van der Waals surface area contributed by atoms with Crippen LogP contribution in [-0.4, -0.2) is 117 Å². The highest BCUT2D eigenvalue weighted by Crippen LogP contribution is 2.43. The minimum absolute atomic E-state index is 0.0495. The molecule has 2 atom stereocenters. The molecular formula is C65H81N11O9S3+2. The number of carbonyl (C=O) groups excluding carboxylic acids is 3. The fourth-order valence-electron chi connectivity index (χ4n) is 11.6. The van der Waals surface area contributed by atoms with Crippen LogP contribution in [0.5, 0.6) is 0 Å². The number of piperidine rings is 1. The number of aromatic nitrogens is 3. The van der Waals surface area contributed by atoms with Crippen LogP contribution in [0.2, 0.25) is 0 Å². The minimum atomic E-state index is -5.05. The average molecular weight is 1260 g/mol. The summed E-state index contributed by atoms with van der Waals surface area (Å²) in [5, 5.41) is 20.5. The lowest BCUT2D eigenvalue weighted by molar-refractivity contribution is -0.688. The number of imidazole rings is 1. The fourth-order valence-corrected chi connectivity index (χ4v) is 14.3. The zero-order chi connectivity index (χ0) is 62.7. The average Bonchev–Trinajstić information content (AvgIpc) is 3.58. The number of benzene rings is 5. The molecule has 0 radical (unpaired) electrons. The van der Waals surface area contributed by atoms with E-state index in [1.54, 1.807) is 17.0 Å². The van der Waals surface area contributed by atoms with E-state index in [1.165, 1.54) is 29.0 Å². The number of fused-ring (bicyclic) bond motifs is 2. The number of nitrogens with one attached hydrogen (secondary N) is 5. The van der Waals surface area contributed by atoms with Gasteiger partial charge in [-0.1, -0.05) is 66.7 Å². The second-order valence-electron chi connectivity index (χ2n) is 22.4. The van der Waals surface area contributed by atoms with E-state index in [-0.39, 0.29) is 61.0 Å². The van der Waals surface area contributed by atoms with Gasteiger partial charge in [0.15, 0.2) is 4.80 Å². The van der Waals surface area contributed by atoms with E-state index in [0.717, 1.165) is 74.2 Å². The Morgan fingerprint density at radius 2 is 1.50 bits per heavy atom. The molecule has 1 fully saturated rings. The maximum absolute atomic E-state index is 14.7. The number of hydrogen-bond donors (Lipinski definition) is 6. The lowest BCUT2D eigenvalue weighted by atomic mass is 9.93. The molecule has 6 N–H and O–H groups in total. The molecule has 20 nitrogen and oxygen atoms in total. The summed E-state index contributed by atoms with van der Waals surface area (Å²) in [5.41, 5.74) is 6.08. The van der Waals surface area contributed by atoms with Crippen molar-refractivity contribution >= 4 is 65.9 Å². The smallest absolute Gasteiger partial charge is 0.295 e. The topological polar surface area (TPSA) is 248 Å². The van der Waals surface area contributed by atoms with Gasteiger partial charge in [-0.25, -0.2) is 26.8 Å².